The van der Waals surface area contributed by atoms with E-state index in [1.165, 1.54) is 77.2 Å². The first kappa shape index (κ1) is 32.0. The molecule has 0 amide bonds. The van der Waals surface area contributed by atoms with Crippen LogP contribution in [0.2, 0.25) is 0 Å². The zero-order valence-electron chi connectivity index (χ0n) is 30.5. The highest BCUT2D eigenvalue weighted by molar-refractivity contribution is 6.07. The lowest BCUT2D eigenvalue weighted by atomic mass is 9.81. The smallest absolute Gasteiger partial charge is 0.0540 e. The van der Waals surface area contributed by atoms with E-state index in [4.69, 9.17) is 0 Å². The molecule has 54 heavy (non-hydrogen) atoms. The van der Waals surface area contributed by atoms with Gasteiger partial charge in [-0.15, -0.1) is 0 Å². The Morgan fingerprint density at radius 3 is 1.48 bits per heavy atom. The summed E-state index contributed by atoms with van der Waals surface area (Å²) >= 11 is 0. The summed E-state index contributed by atoms with van der Waals surface area (Å²) in [6.45, 7) is 4.75. The lowest BCUT2D eigenvalue weighted by Crippen LogP contribution is -2.15. The summed E-state index contributed by atoms with van der Waals surface area (Å²) in [4.78, 5) is 2.41. The van der Waals surface area contributed by atoms with Crippen molar-refractivity contribution >= 4 is 38.6 Å². The van der Waals surface area contributed by atoms with E-state index in [0.29, 0.717) is 0 Å². The van der Waals surface area contributed by atoms with Crippen molar-refractivity contribution in [3.05, 3.63) is 211 Å². The van der Waals surface area contributed by atoms with Gasteiger partial charge in [0.2, 0.25) is 0 Å². The highest BCUT2D eigenvalue weighted by atomic mass is 15.1. The maximum atomic E-state index is 2.45. The molecule has 0 atom stereocenters. The van der Waals surface area contributed by atoms with Crippen molar-refractivity contribution in [1.82, 2.24) is 0 Å². The quantitative estimate of drug-likeness (QED) is 0.168. The van der Waals surface area contributed by atoms with Gasteiger partial charge in [-0.2, -0.15) is 0 Å². The van der Waals surface area contributed by atoms with Crippen LogP contribution >= 0.6 is 0 Å². The van der Waals surface area contributed by atoms with E-state index in [0.717, 1.165) is 17.1 Å². The van der Waals surface area contributed by atoms with Gasteiger partial charge in [-0.25, -0.2) is 0 Å². The van der Waals surface area contributed by atoms with Crippen LogP contribution in [0.5, 0.6) is 0 Å². The van der Waals surface area contributed by atoms with Gasteiger partial charge in [-0.3, -0.25) is 0 Å². The standard InChI is InChI=1S/C53H39N/c1-53(2)49-33-26-40-17-9-10-18-45(40)52(49)48-31-25-41(35-50(48)53)44-32-34-51(47-20-12-11-19-46(44)47)54(42-27-21-38(22-28-42)36-13-5-3-6-14-36)43-29-23-39(24-30-43)37-15-7-4-8-16-37/h3-35H,1-2H3. The van der Waals surface area contributed by atoms with Gasteiger partial charge in [0.25, 0.3) is 0 Å². The second-order valence-corrected chi connectivity index (χ2v) is 14.9. The third kappa shape index (κ3) is 5.24. The molecule has 0 unspecified atom stereocenters. The number of benzene rings is 9. The molecule has 1 aliphatic rings. The fraction of sp³-hybridized carbons (Fsp3) is 0.0566. The van der Waals surface area contributed by atoms with Gasteiger partial charge in [0.15, 0.2) is 0 Å². The molecule has 0 spiro atoms. The second kappa shape index (κ2) is 12.8. The Morgan fingerprint density at radius 1 is 0.352 bits per heavy atom. The second-order valence-electron chi connectivity index (χ2n) is 14.9. The molecular formula is C53H39N. The van der Waals surface area contributed by atoms with Gasteiger partial charge >= 0.3 is 0 Å². The van der Waals surface area contributed by atoms with Crippen LogP contribution in [0.3, 0.4) is 0 Å². The van der Waals surface area contributed by atoms with E-state index < -0.39 is 0 Å². The number of rotatable bonds is 6. The predicted octanol–water partition coefficient (Wildman–Crippen LogP) is 14.8. The molecule has 9 aromatic rings. The predicted molar refractivity (Wildman–Crippen MR) is 230 cm³/mol. The Labute approximate surface area is 317 Å². The van der Waals surface area contributed by atoms with E-state index in [1.807, 2.05) is 0 Å². The first-order valence-corrected chi connectivity index (χ1v) is 18.8. The fourth-order valence-corrected chi connectivity index (χ4v) is 8.70. The van der Waals surface area contributed by atoms with Crippen molar-refractivity contribution in [1.29, 1.82) is 0 Å². The van der Waals surface area contributed by atoms with E-state index in [1.54, 1.807) is 0 Å². The molecule has 1 heteroatoms. The van der Waals surface area contributed by atoms with Crippen LogP contribution in [0.25, 0.3) is 66.1 Å². The molecule has 0 bridgehead atoms. The summed E-state index contributed by atoms with van der Waals surface area (Å²) in [5.41, 5.74) is 16.1. The minimum atomic E-state index is -0.102. The van der Waals surface area contributed by atoms with E-state index >= 15 is 0 Å². The molecule has 0 saturated carbocycles. The highest BCUT2D eigenvalue weighted by Gasteiger charge is 2.36. The number of hydrogen-bond acceptors (Lipinski definition) is 1. The lowest BCUT2D eigenvalue weighted by molar-refractivity contribution is 0.661. The molecule has 1 nitrogen and oxygen atoms in total. The van der Waals surface area contributed by atoms with Crippen molar-refractivity contribution in [2.75, 3.05) is 4.90 Å². The van der Waals surface area contributed by atoms with Crippen LogP contribution in [-0.4, -0.2) is 0 Å². The minimum Gasteiger partial charge on any atom is -0.310 e. The van der Waals surface area contributed by atoms with Crippen LogP contribution in [0.1, 0.15) is 25.0 Å². The van der Waals surface area contributed by atoms with Gasteiger partial charge in [0.1, 0.15) is 0 Å². The first-order valence-electron chi connectivity index (χ1n) is 18.8. The Hall–Kier alpha value is -6.70. The van der Waals surface area contributed by atoms with E-state index in [-0.39, 0.29) is 5.41 Å². The summed E-state index contributed by atoms with van der Waals surface area (Å²) < 4.78 is 0. The molecule has 0 aromatic heterocycles. The zero-order chi connectivity index (χ0) is 36.2. The Balaban J connectivity index is 1.11. The van der Waals surface area contributed by atoms with E-state index in [9.17, 15) is 0 Å². The average Bonchev–Trinajstić information content (AvgIpc) is 3.47. The molecule has 0 saturated heterocycles. The molecule has 0 N–H and O–H groups in total. The summed E-state index contributed by atoms with van der Waals surface area (Å²) in [6, 6.07) is 73.2. The SMILES string of the molecule is CC1(C)c2cc(-c3ccc(N(c4ccc(-c5ccccc5)cc4)c4ccc(-c5ccccc5)cc4)c4ccccc34)ccc2-c2c1ccc1ccccc21. The van der Waals surface area contributed by atoms with Crippen molar-refractivity contribution in [2.45, 2.75) is 19.3 Å². The Kier molecular flexibility index (Phi) is 7.56. The number of fused-ring (bicyclic) bond motifs is 6. The van der Waals surface area contributed by atoms with Crippen molar-refractivity contribution < 1.29 is 0 Å². The maximum absolute atomic E-state index is 2.45. The average molecular weight is 690 g/mol. The molecule has 9 aromatic carbocycles. The van der Waals surface area contributed by atoms with Gasteiger partial charge in [-0.1, -0.05) is 178 Å². The monoisotopic (exact) mass is 689 g/mol. The largest absolute Gasteiger partial charge is 0.310 e. The van der Waals surface area contributed by atoms with Gasteiger partial charge in [-0.05, 0) is 108 Å². The third-order valence-electron chi connectivity index (χ3n) is 11.5. The molecule has 256 valence electrons. The summed E-state index contributed by atoms with van der Waals surface area (Å²) in [7, 11) is 0. The Bertz CT molecular complexity index is 2730. The van der Waals surface area contributed by atoms with Crippen molar-refractivity contribution in [3.63, 3.8) is 0 Å². The summed E-state index contributed by atoms with van der Waals surface area (Å²) in [5.74, 6) is 0. The van der Waals surface area contributed by atoms with Gasteiger partial charge in [0, 0.05) is 22.2 Å². The molecule has 10 rings (SSSR count). The van der Waals surface area contributed by atoms with Crippen molar-refractivity contribution in [3.8, 4) is 44.5 Å². The summed E-state index contributed by atoms with van der Waals surface area (Å²) in [5, 5.41) is 5.07. The zero-order valence-corrected chi connectivity index (χ0v) is 30.5. The topological polar surface area (TPSA) is 3.24 Å². The molecule has 0 aliphatic heterocycles. The van der Waals surface area contributed by atoms with Crippen LogP contribution in [-0.2, 0) is 5.41 Å². The van der Waals surface area contributed by atoms with Crippen LogP contribution in [0, 0.1) is 0 Å². The molecular weight excluding hydrogens is 651 g/mol. The van der Waals surface area contributed by atoms with Gasteiger partial charge < -0.3 is 4.90 Å². The molecule has 0 radical (unpaired) electrons. The number of hydrogen-bond donors (Lipinski definition) is 0. The number of nitrogens with zero attached hydrogens (tertiary/aromatic N) is 1. The normalized spacial score (nSPS) is 12.8. The number of anilines is 3. The fourth-order valence-electron chi connectivity index (χ4n) is 8.70. The first-order chi connectivity index (χ1) is 26.5. The molecule has 0 fully saturated rings. The molecule has 0 heterocycles. The van der Waals surface area contributed by atoms with Crippen LogP contribution in [0.4, 0.5) is 17.1 Å². The van der Waals surface area contributed by atoms with Crippen LogP contribution in [0.15, 0.2) is 200 Å². The van der Waals surface area contributed by atoms with Crippen LogP contribution < -0.4 is 4.90 Å². The lowest BCUT2D eigenvalue weighted by Gasteiger charge is -2.28. The Morgan fingerprint density at radius 2 is 0.852 bits per heavy atom. The van der Waals surface area contributed by atoms with E-state index in [2.05, 4.69) is 219 Å². The maximum Gasteiger partial charge on any atom is 0.0540 e. The highest BCUT2D eigenvalue weighted by Crippen LogP contribution is 2.52. The minimum absolute atomic E-state index is 0.102. The molecule has 1 aliphatic carbocycles. The van der Waals surface area contributed by atoms with Crippen molar-refractivity contribution in [2.24, 2.45) is 0 Å². The summed E-state index contributed by atoms with van der Waals surface area (Å²) in [6.07, 6.45) is 0. The van der Waals surface area contributed by atoms with Gasteiger partial charge in [0.05, 0.1) is 5.69 Å². The third-order valence-corrected chi connectivity index (χ3v) is 11.5.